The minimum Gasteiger partial charge on any atom is -0.369 e. The van der Waals surface area contributed by atoms with E-state index < -0.39 is 17.1 Å². The van der Waals surface area contributed by atoms with Crippen molar-refractivity contribution in [1.29, 1.82) is 0 Å². The van der Waals surface area contributed by atoms with Crippen LogP contribution in [0.1, 0.15) is 44.7 Å². The number of hydrogen-bond donors (Lipinski definition) is 1. The van der Waals surface area contributed by atoms with Crippen LogP contribution in [0.5, 0.6) is 0 Å². The van der Waals surface area contributed by atoms with E-state index in [9.17, 15) is 9.59 Å². The summed E-state index contributed by atoms with van der Waals surface area (Å²) in [4.78, 5) is 33.2. The molecule has 0 radical (unpaired) electrons. The first-order valence-corrected chi connectivity index (χ1v) is 11.4. The number of fused-ring (bicyclic) bond motifs is 1. The maximum atomic E-state index is 15.4. The quantitative estimate of drug-likeness (QED) is 0.525. The van der Waals surface area contributed by atoms with Crippen molar-refractivity contribution in [3.05, 3.63) is 49.7 Å². The standard InChI is InChI=1S/C23H31FN6O2/c1-5-27(11-9-26-4)15(3)16-8-10-28(13-16)21-14(2)20-18(12-19(21)24)22(31)30(25)23(32)29(20)17-6-7-17/h12,15-17H,5-11,13,25H2,1-3H3. The third-order valence-corrected chi connectivity index (χ3v) is 7.18. The zero-order valence-electron chi connectivity index (χ0n) is 19.0. The van der Waals surface area contributed by atoms with Gasteiger partial charge in [-0.3, -0.25) is 14.3 Å². The fraction of sp³-hybridized carbons (Fsp3) is 0.609. The number of benzene rings is 1. The number of anilines is 1. The molecule has 1 aliphatic carbocycles. The molecule has 0 bridgehead atoms. The van der Waals surface area contributed by atoms with E-state index in [1.165, 1.54) is 6.07 Å². The predicted octanol–water partition coefficient (Wildman–Crippen LogP) is 2.12. The third-order valence-electron chi connectivity index (χ3n) is 7.18. The molecule has 2 unspecified atom stereocenters. The highest BCUT2D eigenvalue weighted by atomic mass is 19.1. The van der Waals surface area contributed by atoms with E-state index in [1.54, 1.807) is 11.5 Å². The first-order valence-electron chi connectivity index (χ1n) is 11.4. The molecule has 1 saturated heterocycles. The Balaban J connectivity index is 1.72. The van der Waals surface area contributed by atoms with Gasteiger partial charge in [-0.2, -0.15) is 4.68 Å². The maximum Gasteiger partial charge on any atom is 0.350 e. The molecule has 32 heavy (non-hydrogen) atoms. The zero-order valence-corrected chi connectivity index (χ0v) is 19.0. The largest absolute Gasteiger partial charge is 0.369 e. The number of nitrogens with two attached hydrogens (primary N) is 1. The SMILES string of the molecule is [C-]#[N+]CCN(CC)C(C)C1CCN(c2c(F)cc3c(=O)n(N)c(=O)n(C4CC4)c3c2C)C1. The van der Waals surface area contributed by atoms with Crippen molar-refractivity contribution in [2.24, 2.45) is 5.92 Å². The second-order valence-electron chi connectivity index (χ2n) is 9.03. The van der Waals surface area contributed by atoms with E-state index in [0.29, 0.717) is 47.0 Å². The molecule has 9 heteroatoms. The number of halogens is 1. The van der Waals surface area contributed by atoms with E-state index in [4.69, 9.17) is 12.4 Å². The van der Waals surface area contributed by atoms with Crippen LogP contribution in [0, 0.1) is 25.2 Å². The van der Waals surface area contributed by atoms with E-state index >= 15 is 4.39 Å². The van der Waals surface area contributed by atoms with Gasteiger partial charge < -0.3 is 15.6 Å². The van der Waals surface area contributed by atoms with Gasteiger partial charge in [0, 0.05) is 30.7 Å². The molecule has 0 spiro atoms. The van der Waals surface area contributed by atoms with Crippen molar-refractivity contribution in [3.63, 3.8) is 0 Å². The zero-order chi connectivity index (χ0) is 23.2. The van der Waals surface area contributed by atoms with E-state index in [-0.39, 0.29) is 17.5 Å². The summed E-state index contributed by atoms with van der Waals surface area (Å²) < 4.78 is 17.5. The molecular weight excluding hydrogens is 411 g/mol. The summed E-state index contributed by atoms with van der Waals surface area (Å²) in [5.41, 5.74) is 0.387. The van der Waals surface area contributed by atoms with Crippen LogP contribution >= 0.6 is 0 Å². The fourth-order valence-electron chi connectivity index (χ4n) is 5.23. The Bertz CT molecular complexity index is 1190. The second kappa shape index (κ2) is 8.58. The van der Waals surface area contributed by atoms with Crippen LogP contribution in [-0.2, 0) is 0 Å². The fourth-order valence-corrected chi connectivity index (χ4v) is 5.23. The van der Waals surface area contributed by atoms with E-state index in [0.717, 1.165) is 32.4 Å². The van der Waals surface area contributed by atoms with E-state index in [1.807, 2.05) is 4.90 Å². The monoisotopic (exact) mass is 442 g/mol. The van der Waals surface area contributed by atoms with Gasteiger partial charge in [-0.15, -0.1) is 0 Å². The molecule has 1 aromatic heterocycles. The minimum atomic E-state index is -0.665. The van der Waals surface area contributed by atoms with Crippen molar-refractivity contribution >= 4 is 16.6 Å². The van der Waals surface area contributed by atoms with Crippen LogP contribution in [0.2, 0.25) is 0 Å². The molecule has 8 nitrogen and oxygen atoms in total. The van der Waals surface area contributed by atoms with Gasteiger partial charge in [-0.05, 0) is 51.6 Å². The van der Waals surface area contributed by atoms with Crippen LogP contribution in [0.15, 0.2) is 15.7 Å². The lowest BCUT2D eigenvalue weighted by molar-refractivity contribution is 0.177. The minimum absolute atomic E-state index is 0.00400. The molecule has 172 valence electrons. The lowest BCUT2D eigenvalue weighted by atomic mass is 9.99. The van der Waals surface area contributed by atoms with Crippen LogP contribution in [0.3, 0.4) is 0 Å². The van der Waals surface area contributed by atoms with E-state index in [2.05, 4.69) is 23.6 Å². The molecule has 2 aliphatic rings. The highest BCUT2D eigenvalue weighted by molar-refractivity contribution is 5.87. The first-order chi connectivity index (χ1) is 15.3. The summed E-state index contributed by atoms with van der Waals surface area (Å²) in [6.45, 7) is 16.6. The predicted molar refractivity (Wildman–Crippen MR) is 124 cm³/mol. The number of aromatic nitrogens is 2. The number of rotatable bonds is 7. The number of nitrogens with zero attached hydrogens (tertiary/aromatic N) is 5. The molecular formula is C23H31FN6O2. The number of likely N-dealkylation sites (N-methyl/N-ethyl adjacent to an activating group) is 1. The number of nitrogen functional groups attached to an aromatic ring is 1. The summed E-state index contributed by atoms with van der Waals surface area (Å²) in [5.74, 6) is 5.61. The summed E-state index contributed by atoms with van der Waals surface area (Å²) in [5, 5.41) is 0.151. The van der Waals surface area contributed by atoms with Gasteiger partial charge in [-0.25, -0.2) is 15.8 Å². The van der Waals surface area contributed by atoms with Gasteiger partial charge in [0.05, 0.1) is 23.1 Å². The molecule has 2 N–H and O–H groups in total. The van der Waals surface area contributed by atoms with Crippen molar-refractivity contribution in [2.45, 2.75) is 52.1 Å². The first kappa shape index (κ1) is 22.3. The average Bonchev–Trinajstić information content (AvgIpc) is 3.50. The van der Waals surface area contributed by atoms with Crippen molar-refractivity contribution in [2.75, 3.05) is 43.5 Å². The van der Waals surface area contributed by atoms with Crippen LogP contribution in [-0.4, -0.2) is 52.9 Å². The maximum absolute atomic E-state index is 15.4. The van der Waals surface area contributed by atoms with Crippen molar-refractivity contribution < 1.29 is 4.39 Å². The summed E-state index contributed by atoms with van der Waals surface area (Å²) in [6, 6.07) is 1.53. The molecule has 2 aromatic rings. The normalized spacial score (nSPS) is 19.6. The van der Waals surface area contributed by atoms with Gasteiger partial charge in [-0.1, -0.05) is 6.92 Å². The van der Waals surface area contributed by atoms with Crippen molar-refractivity contribution in [1.82, 2.24) is 14.1 Å². The molecule has 2 fully saturated rings. The topological polar surface area (TPSA) is 80.9 Å². The molecule has 0 amide bonds. The Morgan fingerprint density at radius 1 is 1.34 bits per heavy atom. The smallest absolute Gasteiger partial charge is 0.350 e. The van der Waals surface area contributed by atoms with Gasteiger partial charge in [0.15, 0.2) is 0 Å². The molecule has 2 heterocycles. The Kier molecular flexibility index (Phi) is 5.99. The van der Waals surface area contributed by atoms with Gasteiger partial charge in [0.25, 0.3) is 5.56 Å². The Morgan fingerprint density at radius 2 is 2.06 bits per heavy atom. The van der Waals surface area contributed by atoms with Gasteiger partial charge >= 0.3 is 5.69 Å². The lowest BCUT2D eigenvalue weighted by Crippen LogP contribution is -2.44. The Morgan fingerprint density at radius 3 is 2.69 bits per heavy atom. The third kappa shape index (κ3) is 3.66. The molecule has 1 saturated carbocycles. The number of hydrogen-bond acceptors (Lipinski definition) is 5. The number of aryl methyl sites for hydroxylation is 1. The summed E-state index contributed by atoms with van der Waals surface area (Å²) in [6.07, 6.45) is 2.62. The van der Waals surface area contributed by atoms with Crippen LogP contribution in [0.25, 0.3) is 15.7 Å². The Labute approximate surface area is 186 Å². The summed E-state index contributed by atoms with van der Waals surface area (Å²) in [7, 11) is 0. The Hall–Kier alpha value is -2.86. The highest BCUT2D eigenvalue weighted by Gasteiger charge is 2.34. The van der Waals surface area contributed by atoms with Gasteiger partial charge in [0.1, 0.15) is 5.82 Å². The molecule has 2 atom stereocenters. The highest BCUT2D eigenvalue weighted by Crippen LogP contribution is 2.39. The van der Waals surface area contributed by atoms with Crippen molar-refractivity contribution in [3.8, 4) is 0 Å². The lowest BCUT2D eigenvalue weighted by Gasteiger charge is -2.31. The molecule has 4 rings (SSSR count). The van der Waals surface area contributed by atoms with Gasteiger partial charge in [0.2, 0.25) is 6.54 Å². The second-order valence-corrected chi connectivity index (χ2v) is 9.03. The average molecular weight is 443 g/mol. The van der Waals surface area contributed by atoms with Crippen LogP contribution in [0.4, 0.5) is 10.1 Å². The summed E-state index contributed by atoms with van der Waals surface area (Å²) >= 11 is 0. The molecule has 1 aromatic carbocycles. The molecule has 1 aliphatic heterocycles. The van der Waals surface area contributed by atoms with Crippen LogP contribution < -0.4 is 22.0 Å².